The molecular weight excluding hydrogens is 176 g/mol. The molecular formula is C8H16O3S. The molecule has 0 amide bonds. The zero-order chi connectivity index (χ0) is 9.45. The largest absolute Gasteiger partial charge is 0.286 e. The molecule has 0 bridgehead atoms. The maximum Gasteiger partial charge on any atom is 0.265 e. The smallest absolute Gasteiger partial charge is 0.265 e. The van der Waals surface area contributed by atoms with Crippen LogP contribution in [0.25, 0.3) is 0 Å². The highest BCUT2D eigenvalue weighted by Gasteiger charge is 1.99. The summed E-state index contributed by atoms with van der Waals surface area (Å²) >= 11 is 0. The van der Waals surface area contributed by atoms with E-state index in [1.165, 1.54) is 0 Å². The molecule has 0 radical (unpaired) electrons. The number of allylic oxidation sites excluding steroid dienone is 2. The van der Waals surface area contributed by atoms with Crippen LogP contribution in [-0.4, -0.2) is 18.7 Å². The lowest BCUT2D eigenvalue weighted by Crippen LogP contribution is -2.01. The zero-order valence-corrected chi connectivity index (χ0v) is 8.18. The number of hydrogen-bond donors (Lipinski definition) is 1. The highest BCUT2D eigenvalue weighted by atomic mass is 32.2. The van der Waals surface area contributed by atoms with Gasteiger partial charge in [0.2, 0.25) is 0 Å². The quantitative estimate of drug-likeness (QED) is 0.398. The van der Waals surface area contributed by atoms with Crippen LogP contribution in [0.2, 0.25) is 0 Å². The minimum atomic E-state index is -3.77. The van der Waals surface area contributed by atoms with E-state index in [2.05, 4.69) is 6.92 Å². The van der Waals surface area contributed by atoms with E-state index >= 15 is 0 Å². The Labute approximate surface area is 74.2 Å². The number of unbranched alkanes of at least 4 members (excludes halogenated alkanes) is 2. The van der Waals surface area contributed by atoms with Crippen LogP contribution < -0.4 is 0 Å². The van der Waals surface area contributed by atoms with Gasteiger partial charge in [-0.15, -0.1) is 0 Å². The molecule has 0 aliphatic rings. The first-order chi connectivity index (χ1) is 5.56. The van der Waals surface area contributed by atoms with Crippen molar-refractivity contribution >= 4 is 10.1 Å². The summed E-state index contributed by atoms with van der Waals surface area (Å²) in [4.78, 5) is 0. The average molecular weight is 192 g/mol. The van der Waals surface area contributed by atoms with Crippen LogP contribution in [0.4, 0.5) is 0 Å². The third kappa shape index (κ3) is 9.65. The molecule has 0 rings (SSSR count). The van der Waals surface area contributed by atoms with E-state index < -0.39 is 10.1 Å². The van der Waals surface area contributed by atoms with Crippen LogP contribution in [-0.2, 0) is 10.1 Å². The third-order valence-corrected chi connectivity index (χ3v) is 2.19. The third-order valence-electron chi connectivity index (χ3n) is 1.43. The van der Waals surface area contributed by atoms with Crippen molar-refractivity contribution in [1.82, 2.24) is 0 Å². The molecule has 4 heteroatoms. The molecule has 0 aliphatic heterocycles. The second-order valence-electron chi connectivity index (χ2n) is 2.69. The predicted octanol–water partition coefficient (Wildman–Crippen LogP) is 2.01. The van der Waals surface area contributed by atoms with Crippen LogP contribution in [0.15, 0.2) is 12.2 Å². The first kappa shape index (κ1) is 11.6. The van der Waals surface area contributed by atoms with Crippen molar-refractivity contribution in [3.05, 3.63) is 12.2 Å². The van der Waals surface area contributed by atoms with E-state index in [1.54, 1.807) is 6.08 Å². The van der Waals surface area contributed by atoms with Gasteiger partial charge < -0.3 is 0 Å². The lowest BCUT2D eigenvalue weighted by Gasteiger charge is -1.91. The Morgan fingerprint density at radius 2 is 1.83 bits per heavy atom. The van der Waals surface area contributed by atoms with Gasteiger partial charge in [0, 0.05) is 0 Å². The maximum absolute atomic E-state index is 10.2. The number of hydrogen-bond acceptors (Lipinski definition) is 2. The van der Waals surface area contributed by atoms with Gasteiger partial charge in [0.05, 0.1) is 5.75 Å². The molecule has 0 unspecified atom stereocenters. The molecule has 12 heavy (non-hydrogen) atoms. The fraction of sp³-hybridized carbons (Fsp3) is 0.750. The van der Waals surface area contributed by atoms with Crippen molar-refractivity contribution in [2.75, 3.05) is 5.75 Å². The first-order valence-corrected chi connectivity index (χ1v) is 5.77. The average Bonchev–Trinajstić information content (AvgIpc) is 1.94. The van der Waals surface area contributed by atoms with E-state index in [9.17, 15) is 8.42 Å². The lowest BCUT2D eigenvalue weighted by atomic mass is 10.2. The van der Waals surface area contributed by atoms with Crippen LogP contribution in [0, 0.1) is 0 Å². The molecule has 0 saturated carbocycles. The second-order valence-corrected chi connectivity index (χ2v) is 4.26. The molecule has 0 aromatic carbocycles. The molecule has 0 heterocycles. The Balaban J connectivity index is 3.37. The molecule has 3 nitrogen and oxygen atoms in total. The molecule has 1 N–H and O–H groups in total. The van der Waals surface area contributed by atoms with Crippen molar-refractivity contribution in [2.24, 2.45) is 0 Å². The Morgan fingerprint density at radius 1 is 1.25 bits per heavy atom. The van der Waals surface area contributed by atoms with Crippen LogP contribution in [0.1, 0.15) is 32.6 Å². The Hall–Kier alpha value is -0.350. The van der Waals surface area contributed by atoms with Crippen molar-refractivity contribution in [3.8, 4) is 0 Å². The number of rotatable bonds is 6. The summed E-state index contributed by atoms with van der Waals surface area (Å²) in [5.74, 6) is -0.171. The highest BCUT2D eigenvalue weighted by molar-refractivity contribution is 7.85. The van der Waals surface area contributed by atoms with Gasteiger partial charge in [-0.3, -0.25) is 4.55 Å². The van der Waals surface area contributed by atoms with Gasteiger partial charge >= 0.3 is 0 Å². The SMILES string of the molecule is CCCCC=CCCS(=O)(=O)O. The summed E-state index contributed by atoms with van der Waals surface area (Å²) in [6.45, 7) is 2.10. The van der Waals surface area contributed by atoms with Gasteiger partial charge in [0.15, 0.2) is 0 Å². The van der Waals surface area contributed by atoms with Crippen LogP contribution in [0.5, 0.6) is 0 Å². The van der Waals surface area contributed by atoms with Crippen LogP contribution >= 0.6 is 0 Å². The van der Waals surface area contributed by atoms with Crippen LogP contribution in [0.3, 0.4) is 0 Å². The summed E-state index contributed by atoms with van der Waals surface area (Å²) < 4.78 is 28.8. The van der Waals surface area contributed by atoms with Crippen molar-refractivity contribution in [3.63, 3.8) is 0 Å². The Bertz CT molecular complexity index is 216. The monoisotopic (exact) mass is 192 g/mol. The lowest BCUT2D eigenvalue weighted by molar-refractivity contribution is 0.483. The summed E-state index contributed by atoms with van der Waals surface area (Å²) in [6, 6.07) is 0. The fourth-order valence-corrected chi connectivity index (χ4v) is 1.21. The summed E-state index contributed by atoms with van der Waals surface area (Å²) in [5, 5.41) is 0. The summed E-state index contributed by atoms with van der Waals surface area (Å²) in [6.07, 6.45) is 7.41. The highest BCUT2D eigenvalue weighted by Crippen LogP contribution is 1.97. The normalized spacial score (nSPS) is 12.5. The van der Waals surface area contributed by atoms with E-state index in [1.807, 2.05) is 6.08 Å². The Kier molecular flexibility index (Phi) is 6.02. The van der Waals surface area contributed by atoms with Gasteiger partial charge in [-0.2, -0.15) is 8.42 Å². The Morgan fingerprint density at radius 3 is 2.33 bits per heavy atom. The first-order valence-electron chi connectivity index (χ1n) is 4.16. The van der Waals surface area contributed by atoms with Gasteiger partial charge in [-0.1, -0.05) is 31.9 Å². The molecule has 0 aromatic rings. The molecule has 0 atom stereocenters. The topological polar surface area (TPSA) is 54.4 Å². The molecule has 0 aromatic heterocycles. The van der Waals surface area contributed by atoms with Gasteiger partial charge in [0.25, 0.3) is 10.1 Å². The fourth-order valence-electron chi connectivity index (χ4n) is 0.775. The zero-order valence-electron chi connectivity index (χ0n) is 7.36. The molecule has 72 valence electrons. The van der Waals surface area contributed by atoms with E-state index in [-0.39, 0.29) is 5.75 Å². The standard InChI is InChI=1S/C8H16O3S/c1-2-3-4-5-6-7-8-12(9,10)11/h5-6H,2-4,7-8H2,1H3,(H,9,10,11). The van der Waals surface area contributed by atoms with E-state index in [4.69, 9.17) is 4.55 Å². The van der Waals surface area contributed by atoms with Gasteiger partial charge in [0.1, 0.15) is 0 Å². The second kappa shape index (κ2) is 6.20. The molecule has 0 spiro atoms. The van der Waals surface area contributed by atoms with Crippen molar-refractivity contribution in [1.29, 1.82) is 0 Å². The van der Waals surface area contributed by atoms with E-state index in [0.29, 0.717) is 6.42 Å². The van der Waals surface area contributed by atoms with Crippen molar-refractivity contribution in [2.45, 2.75) is 32.6 Å². The molecule has 0 aliphatic carbocycles. The maximum atomic E-state index is 10.2. The minimum Gasteiger partial charge on any atom is -0.286 e. The molecule has 0 fully saturated rings. The van der Waals surface area contributed by atoms with Crippen molar-refractivity contribution < 1.29 is 13.0 Å². The van der Waals surface area contributed by atoms with Gasteiger partial charge in [-0.25, -0.2) is 0 Å². The molecule has 0 saturated heterocycles. The van der Waals surface area contributed by atoms with Gasteiger partial charge in [-0.05, 0) is 12.8 Å². The minimum absolute atomic E-state index is 0.171. The predicted molar refractivity (Wildman–Crippen MR) is 49.7 cm³/mol. The summed E-state index contributed by atoms with van der Waals surface area (Å²) in [5.41, 5.74) is 0. The van der Waals surface area contributed by atoms with E-state index in [0.717, 1.165) is 19.3 Å². The summed E-state index contributed by atoms with van der Waals surface area (Å²) in [7, 11) is -3.77.